The summed E-state index contributed by atoms with van der Waals surface area (Å²) in [6, 6.07) is 14.6. The van der Waals surface area contributed by atoms with Gasteiger partial charge in [-0.1, -0.05) is 28.9 Å². The summed E-state index contributed by atoms with van der Waals surface area (Å²) in [5.41, 5.74) is 2.59. The lowest BCUT2D eigenvalue weighted by Gasteiger charge is -2.34. The van der Waals surface area contributed by atoms with Gasteiger partial charge in [0.2, 0.25) is 0 Å². The third-order valence-electron chi connectivity index (χ3n) is 6.31. The smallest absolute Gasteiger partial charge is 0.276 e. The van der Waals surface area contributed by atoms with Crippen LogP contribution in [0.5, 0.6) is 5.75 Å². The molecule has 5 rings (SSSR count). The van der Waals surface area contributed by atoms with Gasteiger partial charge in [-0.2, -0.15) is 0 Å². The van der Waals surface area contributed by atoms with E-state index in [1.807, 2.05) is 31.2 Å². The molecular weight excluding hydrogens is 470 g/mol. The van der Waals surface area contributed by atoms with Crippen LogP contribution >= 0.6 is 11.6 Å². The van der Waals surface area contributed by atoms with Crippen LogP contribution in [0.4, 0.5) is 0 Å². The fraction of sp³-hybridized carbons (Fsp3) is 0.360. The molecule has 2 aliphatic rings. The van der Waals surface area contributed by atoms with Gasteiger partial charge in [-0.25, -0.2) is 4.68 Å². The number of fused-ring (bicyclic) bond motifs is 1. The van der Waals surface area contributed by atoms with Crippen LogP contribution in [0.15, 0.2) is 48.5 Å². The minimum atomic E-state index is -0.187. The normalized spacial score (nSPS) is 17.7. The summed E-state index contributed by atoms with van der Waals surface area (Å²) in [4.78, 5) is 29.5. The first kappa shape index (κ1) is 23.3. The van der Waals surface area contributed by atoms with E-state index in [4.69, 9.17) is 21.1 Å². The summed E-state index contributed by atoms with van der Waals surface area (Å²) < 4.78 is 13.2. The third-order valence-corrected chi connectivity index (χ3v) is 6.56. The molecule has 0 N–H and O–H groups in total. The summed E-state index contributed by atoms with van der Waals surface area (Å²) >= 11 is 5.98. The molecule has 9 nitrogen and oxygen atoms in total. The van der Waals surface area contributed by atoms with Gasteiger partial charge in [0.15, 0.2) is 5.69 Å². The molecule has 0 radical (unpaired) electrons. The Morgan fingerprint density at radius 3 is 2.31 bits per heavy atom. The Balaban J connectivity index is 1.20. The lowest BCUT2D eigenvalue weighted by Crippen LogP contribution is -2.50. The summed E-state index contributed by atoms with van der Waals surface area (Å²) in [5, 5.41) is 9.04. The predicted molar refractivity (Wildman–Crippen MR) is 128 cm³/mol. The molecular formula is C25H26ClN5O4. The molecule has 1 fully saturated rings. The number of carbonyl (C=O) groups is 2. The van der Waals surface area contributed by atoms with E-state index in [0.29, 0.717) is 61.3 Å². The highest BCUT2D eigenvalue weighted by Crippen LogP contribution is 2.28. The Kier molecular flexibility index (Phi) is 6.70. The van der Waals surface area contributed by atoms with Crippen LogP contribution in [0.2, 0.25) is 5.02 Å². The first-order valence-electron chi connectivity index (χ1n) is 11.6. The third kappa shape index (κ3) is 4.87. The van der Waals surface area contributed by atoms with Crippen molar-refractivity contribution in [3.05, 3.63) is 76.1 Å². The van der Waals surface area contributed by atoms with Crippen LogP contribution in [-0.2, 0) is 17.9 Å². The minimum absolute atomic E-state index is 0.0529. The van der Waals surface area contributed by atoms with Crippen molar-refractivity contribution in [2.75, 3.05) is 32.8 Å². The van der Waals surface area contributed by atoms with Gasteiger partial charge < -0.3 is 19.3 Å². The Morgan fingerprint density at radius 1 is 1.00 bits per heavy atom. The second-order valence-electron chi connectivity index (χ2n) is 8.46. The van der Waals surface area contributed by atoms with Gasteiger partial charge in [-0.15, -0.1) is 5.10 Å². The van der Waals surface area contributed by atoms with E-state index in [0.717, 1.165) is 11.3 Å². The lowest BCUT2D eigenvalue weighted by molar-refractivity contribution is -0.00202. The van der Waals surface area contributed by atoms with Crippen molar-refractivity contribution in [3.8, 4) is 5.75 Å². The highest BCUT2D eigenvalue weighted by Gasteiger charge is 2.32. The van der Waals surface area contributed by atoms with E-state index in [1.54, 1.807) is 38.7 Å². The van der Waals surface area contributed by atoms with Crippen LogP contribution < -0.4 is 4.74 Å². The number of hydrogen-bond donors (Lipinski definition) is 0. The van der Waals surface area contributed by atoms with Crippen LogP contribution in [0.25, 0.3) is 0 Å². The summed E-state index contributed by atoms with van der Waals surface area (Å²) in [5.74, 6) is 0.496. The molecule has 0 saturated carbocycles. The van der Waals surface area contributed by atoms with Crippen molar-refractivity contribution in [2.24, 2.45) is 0 Å². The van der Waals surface area contributed by atoms with Gasteiger partial charge in [0.25, 0.3) is 11.8 Å². The monoisotopic (exact) mass is 495 g/mol. The van der Waals surface area contributed by atoms with Gasteiger partial charge in [0.05, 0.1) is 25.5 Å². The number of amides is 2. The van der Waals surface area contributed by atoms with E-state index in [-0.39, 0.29) is 24.5 Å². The topological polar surface area (TPSA) is 89.8 Å². The van der Waals surface area contributed by atoms with E-state index in [2.05, 4.69) is 10.3 Å². The molecule has 1 aromatic heterocycles. The Morgan fingerprint density at radius 2 is 1.66 bits per heavy atom. The quantitative estimate of drug-likeness (QED) is 0.540. The number of halogens is 1. The second-order valence-corrected chi connectivity index (χ2v) is 8.90. The van der Waals surface area contributed by atoms with Crippen molar-refractivity contribution in [3.63, 3.8) is 0 Å². The minimum Gasteiger partial charge on any atom is -0.494 e. The molecule has 0 aliphatic carbocycles. The first-order valence-corrected chi connectivity index (χ1v) is 12.0. The van der Waals surface area contributed by atoms with Gasteiger partial charge in [-0.05, 0) is 48.9 Å². The molecule has 2 aromatic carbocycles. The van der Waals surface area contributed by atoms with E-state index in [9.17, 15) is 9.59 Å². The molecule has 10 heteroatoms. The lowest BCUT2D eigenvalue weighted by atomic mass is 10.1. The maximum atomic E-state index is 13.2. The van der Waals surface area contributed by atoms with E-state index in [1.165, 1.54) is 0 Å². The number of nitrogens with zero attached hydrogens (tertiary/aromatic N) is 5. The van der Waals surface area contributed by atoms with Gasteiger partial charge >= 0.3 is 0 Å². The van der Waals surface area contributed by atoms with Crippen molar-refractivity contribution >= 4 is 23.4 Å². The number of hydrogen-bond acceptors (Lipinski definition) is 6. The van der Waals surface area contributed by atoms with Crippen LogP contribution in [0.3, 0.4) is 0 Å². The second kappa shape index (κ2) is 10.1. The Labute approximate surface area is 208 Å². The molecule has 0 spiro atoms. The average molecular weight is 496 g/mol. The highest BCUT2D eigenvalue weighted by molar-refractivity contribution is 6.30. The number of carbonyl (C=O) groups excluding carboxylic acids is 2. The average Bonchev–Trinajstić information content (AvgIpc) is 3.32. The largest absolute Gasteiger partial charge is 0.494 e. The molecule has 2 aliphatic heterocycles. The van der Waals surface area contributed by atoms with Crippen LogP contribution in [0, 0.1) is 0 Å². The Bertz CT molecular complexity index is 1200. The summed E-state index contributed by atoms with van der Waals surface area (Å²) in [7, 11) is 0. The molecule has 2 amide bonds. The zero-order valence-electron chi connectivity index (χ0n) is 19.4. The number of piperazine rings is 1. The van der Waals surface area contributed by atoms with Gasteiger partial charge in [0.1, 0.15) is 11.9 Å². The molecule has 3 heterocycles. The number of ether oxygens (including phenoxy) is 2. The van der Waals surface area contributed by atoms with Gasteiger partial charge in [0, 0.05) is 36.8 Å². The summed E-state index contributed by atoms with van der Waals surface area (Å²) in [6.07, 6.45) is -0.179. The van der Waals surface area contributed by atoms with Crippen molar-refractivity contribution in [1.29, 1.82) is 0 Å². The number of benzene rings is 2. The first-order chi connectivity index (χ1) is 17.0. The highest BCUT2D eigenvalue weighted by atomic mass is 35.5. The van der Waals surface area contributed by atoms with Crippen molar-refractivity contribution in [1.82, 2.24) is 24.8 Å². The van der Waals surface area contributed by atoms with Gasteiger partial charge in [-0.3, -0.25) is 9.59 Å². The van der Waals surface area contributed by atoms with Crippen molar-refractivity contribution < 1.29 is 19.1 Å². The summed E-state index contributed by atoms with van der Waals surface area (Å²) in [6.45, 7) is 4.99. The van der Waals surface area contributed by atoms with Crippen LogP contribution in [0.1, 0.15) is 45.1 Å². The molecule has 3 aromatic rings. The van der Waals surface area contributed by atoms with Crippen LogP contribution in [-0.4, -0.2) is 69.4 Å². The maximum Gasteiger partial charge on any atom is 0.276 e. The fourth-order valence-electron chi connectivity index (χ4n) is 4.36. The maximum absolute atomic E-state index is 13.2. The predicted octanol–water partition coefficient (Wildman–Crippen LogP) is 3.20. The number of rotatable bonds is 5. The molecule has 0 bridgehead atoms. The molecule has 1 atom stereocenters. The van der Waals surface area contributed by atoms with Crippen molar-refractivity contribution in [2.45, 2.75) is 26.2 Å². The molecule has 1 saturated heterocycles. The fourth-order valence-corrected chi connectivity index (χ4v) is 4.49. The van der Waals surface area contributed by atoms with E-state index < -0.39 is 0 Å². The number of aromatic nitrogens is 3. The SMILES string of the molecule is CCOc1ccc(C(=O)N2CCN(C(=O)c3nnn4c3CO[C@@H](c3ccc(Cl)cc3)C4)CC2)cc1. The molecule has 0 unspecified atom stereocenters. The zero-order valence-corrected chi connectivity index (χ0v) is 20.1. The zero-order chi connectivity index (χ0) is 24.4. The molecule has 182 valence electrons. The standard InChI is InChI=1S/C25H26ClN5O4/c1-2-34-20-9-5-18(6-10-20)24(32)29-11-13-30(14-12-29)25(33)23-21-16-35-22(15-31(21)28-27-23)17-3-7-19(26)8-4-17/h3-10,22H,2,11-16H2,1H3/t22-/m1/s1. The molecule has 35 heavy (non-hydrogen) atoms. The van der Waals surface area contributed by atoms with E-state index >= 15 is 0 Å². The Hall–Kier alpha value is -3.43.